The van der Waals surface area contributed by atoms with Crippen LogP contribution in [0.5, 0.6) is 0 Å². The van der Waals surface area contributed by atoms with Gasteiger partial charge in [-0.15, -0.1) is 0 Å². The topological polar surface area (TPSA) is 43.8 Å². The summed E-state index contributed by atoms with van der Waals surface area (Å²) in [4.78, 5) is 4.68. The number of halogens is 1. The molecule has 0 aliphatic heterocycles. The van der Waals surface area contributed by atoms with Gasteiger partial charge in [0.15, 0.2) is 0 Å². The first-order valence-corrected chi connectivity index (χ1v) is 7.01. The zero-order chi connectivity index (χ0) is 14.0. The Bertz CT molecular complexity index is 556. The second-order valence-corrected chi connectivity index (χ2v) is 5.56. The van der Waals surface area contributed by atoms with Crippen LogP contribution in [0.15, 0.2) is 24.3 Å². The van der Waals surface area contributed by atoms with E-state index in [0.29, 0.717) is 5.92 Å². The molecule has 0 saturated carbocycles. The Morgan fingerprint density at radius 2 is 1.89 bits per heavy atom. The summed E-state index contributed by atoms with van der Waals surface area (Å²) in [5.41, 5.74) is 8.13. The fourth-order valence-electron chi connectivity index (χ4n) is 2.17. The molecule has 0 aliphatic rings. The second-order valence-electron chi connectivity index (χ2n) is 5.13. The molecule has 0 spiro atoms. The molecular formula is C15H20ClN3. The lowest BCUT2D eigenvalue weighted by atomic mass is 10.1. The van der Waals surface area contributed by atoms with Crippen LogP contribution in [0.4, 0.5) is 5.82 Å². The van der Waals surface area contributed by atoms with E-state index in [-0.39, 0.29) is 0 Å². The number of nitrogens with two attached hydrogens (primary N) is 1. The number of nitrogen functional groups attached to an aromatic ring is 1. The van der Waals surface area contributed by atoms with Gasteiger partial charge < -0.3 is 10.3 Å². The number of hydrogen-bond acceptors (Lipinski definition) is 2. The summed E-state index contributed by atoms with van der Waals surface area (Å²) >= 11 is 5.91. The van der Waals surface area contributed by atoms with Crippen LogP contribution in [0, 0.1) is 5.92 Å². The fraction of sp³-hybridized carbons (Fsp3) is 0.400. The molecule has 102 valence electrons. The minimum Gasteiger partial charge on any atom is -0.383 e. The number of anilines is 1. The Morgan fingerprint density at radius 1 is 1.26 bits per heavy atom. The van der Waals surface area contributed by atoms with Crippen LogP contribution in [-0.4, -0.2) is 9.55 Å². The molecule has 3 nitrogen and oxygen atoms in total. The zero-order valence-corrected chi connectivity index (χ0v) is 12.4. The Balaban J connectivity index is 2.47. The van der Waals surface area contributed by atoms with Crippen LogP contribution >= 0.6 is 11.6 Å². The predicted octanol–water partition coefficient (Wildman–Crippen LogP) is 4.00. The van der Waals surface area contributed by atoms with Crippen molar-refractivity contribution >= 4 is 17.4 Å². The lowest BCUT2D eigenvalue weighted by Gasteiger charge is -2.11. The highest BCUT2D eigenvalue weighted by Gasteiger charge is 2.15. The van der Waals surface area contributed by atoms with Crippen molar-refractivity contribution in [1.29, 1.82) is 0 Å². The highest BCUT2D eigenvalue weighted by atomic mass is 35.5. The van der Waals surface area contributed by atoms with Gasteiger partial charge in [0.2, 0.25) is 0 Å². The van der Waals surface area contributed by atoms with E-state index in [4.69, 9.17) is 17.3 Å². The lowest BCUT2D eigenvalue weighted by molar-refractivity contribution is 0.513. The molecular weight excluding hydrogens is 258 g/mol. The van der Waals surface area contributed by atoms with E-state index < -0.39 is 0 Å². The first kappa shape index (κ1) is 13.9. The fourth-order valence-corrected chi connectivity index (χ4v) is 2.30. The van der Waals surface area contributed by atoms with E-state index in [1.165, 1.54) is 0 Å². The molecule has 1 aromatic carbocycles. The smallest absolute Gasteiger partial charge is 0.131 e. The maximum atomic E-state index is 6.27. The number of aryl methyl sites for hydroxylation is 1. The highest BCUT2D eigenvalue weighted by Crippen LogP contribution is 2.28. The third kappa shape index (κ3) is 2.92. The number of hydrogen-bond donors (Lipinski definition) is 1. The van der Waals surface area contributed by atoms with Gasteiger partial charge in [0.25, 0.3) is 0 Å². The van der Waals surface area contributed by atoms with Crippen molar-refractivity contribution in [2.45, 2.75) is 33.7 Å². The molecule has 1 heterocycles. The van der Waals surface area contributed by atoms with Crippen LogP contribution in [0.1, 0.15) is 26.6 Å². The monoisotopic (exact) mass is 277 g/mol. The maximum Gasteiger partial charge on any atom is 0.131 e. The maximum absolute atomic E-state index is 6.27. The van der Waals surface area contributed by atoms with Crippen molar-refractivity contribution in [3.8, 4) is 11.3 Å². The Hall–Kier alpha value is -1.48. The quantitative estimate of drug-likeness (QED) is 0.918. The van der Waals surface area contributed by atoms with Crippen molar-refractivity contribution in [1.82, 2.24) is 9.55 Å². The van der Waals surface area contributed by atoms with E-state index >= 15 is 0 Å². The lowest BCUT2D eigenvalue weighted by Crippen LogP contribution is -2.10. The first-order valence-electron chi connectivity index (χ1n) is 6.63. The van der Waals surface area contributed by atoms with Crippen molar-refractivity contribution in [2.24, 2.45) is 5.92 Å². The van der Waals surface area contributed by atoms with Gasteiger partial charge in [0.1, 0.15) is 17.3 Å². The number of nitrogens with zero attached hydrogens (tertiary/aromatic N) is 2. The van der Waals surface area contributed by atoms with E-state index in [1.807, 2.05) is 24.3 Å². The van der Waals surface area contributed by atoms with Gasteiger partial charge in [-0.1, -0.05) is 44.5 Å². The molecule has 0 atom stereocenters. The largest absolute Gasteiger partial charge is 0.383 e. The third-order valence-corrected chi connectivity index (χ3v) is 3.32. The number of aromatic nitrogens is 2. The Labute approximate surface area is 119 Å². The molecule has 1 aromatic heterocycles. The minimum atomic E-state index is 0.542. The van der Waals surface area contributed by atoms with Gasteiger partial charge in [-0.05, 0) is 18.1 Å². The van der Waals surface area contributed by atoms with Gasteiger partial charge in [-0.2, -0.15) is 0 Å². The van der Waals surface area contributed by atoms with Gasteiger partial charge in [0, 0.05) is 23.6 Å². The predicted molar refractivity (Wildman–Crippen MR) is 81.3 cm³/mol. The Morgan fingerprint density at radius 3 is 2.42 bits per heavy atom. The molecule has 2 N–H and O–H groups in total. The van der Waals surface area contributed by atoms with Crippen LogP contribution < -0.4 is 5.73 Å². The van der Waals surface area contributed by atoms with Crippen molar-refractivity contribution in [3.05, 3.63) is 35.1 Å². The summed E-state index contributed by atoms with van der Waals surface area (Å²) in [6, 6.07) is 7.65. The Kier molecular flexibility index (Phi) is 4.15. The number of benzene rings is 1. The van der Waals surface area contributed by atoms with Gasteiger partial charge in [-0.25, -0.2) is 4.98 Å². The molecule has 0 saturated heterocycles. The standard InChI is InChI=1S/C15H20ClN3/c1-4-13-18-14(11-5-7-12(16)8-6-11)15(17)19(13)9-10(2)3/h5-8,10H,4,9,17H2,1-3H3. The summed E-state index contributed by atoms with van der Waals surface area (Å²) in [6.07, 6.45) is 0.879. The van der Waals surface area contributed by atoms with Crippen LogP contribution in [0.3, 0.4) is 0 Å². The summed E-state index contributed by atoms with van der Waals surface area (Å²) in [5, 5.41) is 0.722. The SMILES string of the molecule is CCc1nc(-c2ccc(Cl)cc2)c(N)n1CC(C)C. The summed E-state index contributed by atoms with van der Waals surface area (Å²) in [5.74, 6) is 2.32. The average molecular weight is 278 g/mol. The van der Waals surface area contributed by atoms with E-state index in [2.05, 4.69) is 30.3 Å². The van der Waals surface area contributed by atoms with Crippen molar-refractivity contribution in [2.75, 3.05) is 5.73 Å². The van der Waals surface area contributed by atoms with Gasteiger partial charge in [-0.3, -0.25) is 0 Å². The van der Waals surface area contributed by atoms with E-state index in [1.54, 1.807) is 0 Å². The minimum absolute atomic E-state index is 0.542. The third-order valence-electron chi connectivity index (χ3n) is 3.07. The average Bonchev–Trinajstić information content (AvgIpc) is 2.67. The molecule has 0 bridgehead atoms. The van der Waals surface area contributed by atoms with Gasteiger partial charge in [0.05, 0.1) is 0 Å². The normalized spacial score (nSPS) is 11.2. The van der Waals surface area contributed by atoms with Crippen LogP contribution in [0.25, 0.3) is 11.3 Å². The molecule has 4 heteroatoms. The highest BCUT2D eigenvalue weighted by molar-refractivity contribution is 6.30. The van der Waals surface area contributed by atoms with Crippen LogP contribution in [0.2, 0.25) is 5.02 Å². The van der Waals surface area contributed by atoms with Gasteiger partial charge >= 0.3 is 0 Å². The van der Waals surface area contributed by atoms with Crippen molar-refractivity contribution in [3.63, 3.8) is 0 Å². The second kappa shape index (κ2) is 5.66. The summed E-state index contributed by atoms with van der Waals surface area (Å²) < 4.78 is 2.12. The number of imidazole rings is 1. The molecule has 0 amide bonds. The summed E-state index contributed by atoms with van der Waals surface area (Å²) in [6.45, 7) is 7.36. The van der Waals surface area contributed by atoms with Crippen LogP contribution in [-0.2, 0) is 13.0 Å². The summed E-state index contributed by atoms with van der Waals surface area (Å²) in [7, 11) is 0. The molecule has 2 rings (SSSR count). The number of rotatable bonds is 4. The molecule has 0 fully saturated rings. The molecule has 19 heavy (non-hydrogen) atoms. The van der Waals surface area contributed by atoms with E-state index in [0.717, 1.165) is 40.9 Å². The molecule has 0 radical (unpaired) electrons. The van der Waals surface area contributed by atoms with Crippen molar-refractivity contribution < 1.29 is 0 Å². The first-order chi connectivity index (χ1) is 9.02. The molecule has 2 aromatic rings. The van der Waals surface area contributed by atoms with E-state index in [9.17, 15) is 0 Å². The zero-order valence-electron chi connectivity index (χ0n) is 11.7. The molecule has 0 unspecified atom stereocenters. The molecule has 0 aliphatic carbocycles.